The van der Waals surface area contributed by atoms with Crippen LogP contribution in [0.5, 0.6) is 5.75 Å². The van der Waals surface area contributed by atoms with Crippen molar-refractivity contribution < 1.29 is 9.53 Å². The summed E-state index contributed by atoms with van der Waals surface area (Å²) in [6, 6.07) is 18.1. The molecule has 0 aromatic heterocycles. The van der Waals surface area contributed by atoms with Crippen LogP contribution in [0.4, 0.5) is 0 Å². The fourth-order valence-corrected chi connectivity index (χ4v) is 2.60. The van der Waals surface area contributed by atoms with Crippen LogP contribution in [0.1, 0.15) is 17.5 Å². The number of benzene rings is 2. The van der Waals surface area contributed by atoms with Crippen molar-refractivity contribution in [2.45, 2.75) is 19.3 Å². The lowest BCUT2D eigenvalue weighted by Crippen LogP contribution is -2.38. The van der Waals surface area contributed by atoms with Crippen LogP contribution in [-0.2, 0) is 17.6 Å². The van der Waals surface area contributed by atoms with E-state index in [2.05, 4.69) is 39.9 Å². The molecule has 0 aliphatic heterocycles. The van der Waals surface area contributed by atoms with Gasteiger partial charge in [0.05, 0.1) is 0 Å². The summed E-state index contributed by atoms with van der Waals surface area (Å²) < 4.78 is 5.25. The third-order valence-electron chi connectivity index (χ3n) is 4.01. The molecule has 2 rings (SSSR count). The maximum Gasteiger partial charge on any atom is 0.255 e. The average Bonchev–Trinajstić information content (AvgIpc) is 2.70. The number of carbonyl (C=O) groups excluding carboxylic acids is 1. The first-order chi connectivity index (χ1) is 13.2. The maximum atomic E-state index is 10.7. The molecule has 0 atom stereocenters. The molecule has 0 fully saturated rings. The Morgan fingerprint density at radius 2 is 1.63 bits per heavy atom. The number of nitrogens with one attached hydrogen (secondary N) is 2. The van der Waals surface area contributed by atoms with Crippen molar-refractivity contribution in [1.29, 1.82) is 0 Å². The van der Waals surface area contributed by atoms with E-state index in [1.54, 1.807) is 7.05 Å². The second-order valence-corrected chi connectivity index (χ2v) is 6.16. The lowest BCUT2D eigenvalue weighted by Gasteiger charge is -2.12. The monoisotopic (exact) mass is 368 g/mol. The molecule has 0 radical (unpaired) electrons. The van der Waals surface area contributed by atoms with Gasteiger partial charge in [-0.2, -0.15) is 0 Å². The first-order valence-corrected chi connectivity index (χ1v) is 9.16. The number of nitrogens with two attached hydrogens (primary N) is 1. The predicted octanol–water partition coefficient (Wildman–Crippen LogP) is 1.89. The molecule has 0 saturated carbocycles. The van der Waals surface area contributed by atoms with Crippen molar-refractivity contribution in [3.8, 4) is 5.75 Å². The van der Waals surface area contributed by atoms with Crippen LogP contribution in [0, 0.1) is 0 Å². The van der Waals surface area contributed by atoms with E-state index in [1.165, 1.54) is 11.1 Å². The summed E-state index contributed by atoms with van der Waals surface area (Å²) in [4.78, 5) is 15.0. The molecule has 1 amide bonds. The highest BCUT2D eigenvalue weighted by atomic mass is 16.5. The van der Waals surface area contributed by atoms with Crippen molar-refractivity contribution in [1.82, 2.24) is 10.6 Å². The van der Waals surface area contributed by atoms with Crippen molar-refractivity contribution >= 4 is 11.9 Å². The molecule has 0 spiro atoms. The minimum atomic E-state index is -0.481. The average molecular weight is 368 g/mol. The van der Waals surface area contributed by atoms with Gasteiger partial charge in [-0.15, -0.1) is 0 Å². The van der Waals surface area contributed by atoms with E-state index in [9.17, 15) is 4.79 Å². The van der Waals surface area contributed by atoms with E-state index in [-0.39, 0.29) is 6.61 Å². The molecule has 0 unspecified atom stereocenters. The highest BCUT2D eigenvalue weighted by Gasteiger charge is 2.00. The summed E-state index contributed by atoms with van der Waals surface area (Å²) in [5.74, 6) is 0.969. The molecule has 0 saturated heterocycles. The second-order valence-electron chi connectivity index (χ2n) is 6.16. The van der Waals surface area contributed by atoms with Crippen LogP contribution in [0.2, 0.25) is 0 Å². The van der Waals surface area contributed by atoms with Gasteiger partial charge in [-0.3, -0.25) is 9.79 Å². The number of aryl methyl sites for hydroxylation is 1. The molecule has 2 aromatic carbocycles. The highest BCUT2D eigenvalue weighted by Crippen LogP contribution is 2.12. The van der Waals surface area contributed by atoms with Gasteiger partial charge in [-0.05, 0) is 42.5 Å². The zero-order valence-corrected chi connectivity index (χ0v) is 15.8. The Hall–Kier alpha value is -3.02. The minimum Gasteiger partial charge on any atom is -0.484 e. The SMILES string of the molecule is CN=C(NCCCc1ccccc1)NCCc1ccc(OCC(N)=O)cc1. The fraction of sp³-hybridized carbons (Fsp3) is 0.333. The molecule has 0 aliphatic rings. The summed E-state index contributed by atoms with van der Waals surface area (Å²) in [6.45, 7) is 1.55. The van der Waals surface area contributed by atoms with Gasteiger partial charge in [-0.25, -0.2) is 0 Å². The van der Waals surface area contributed by atoms with E-state index < -0.39 is 5.91 Å². The van der Waals surface area contributed by atoms with Crippen LogP contribution < -0.4 is 21.1 Å². The third kappa shape index (κ3) is 8.27. The molecular weight excluding hydrogens is 340 g/mol. The first kappa shape index (κ1) is 20.3. The smallest absolute Gasteiger partial charge is 0.255 e. The van der Waals surface area contributed by atoms with E-state index in [4.69, 9.17) is 10.5 Å². The van der Waals surface area contributed by atoms with E-state index in [0.29, 0.717) is 5.75 Å². The summed E-state index contributed by atoms with van der Waals surface area (Å²) in [7, 11) is 1.78. The molecule has 0 bridgehead atoms. The number of guanidine groups is 1. The number of carbonyl (C=O) groups is 1. The van der Waals surface area contributed by atoms with Gasteiger partial charge < -0.3 is 21.1 Å². The Morgan fingerprint density at radius 1 is 0.963 bits per heavy atom. The Morgan fingerprint density at radius 3 is 2.30 bits per heavy atom. The van der Waals surface area contributed by atoms with Gasteiger partial charge in [0.15, 0.2) is 12.6 Å². The molecule has 0 aliphatic carbocycles. The highest BCUT2D eigenvalue weighted by molar-refractivity contribution is 5.79. The van der Waals surface area contributed by atoms with Crippen molar-refractivity contribution in [3.05, 3.63) is 65.7 Å². The zero-order chi connectivity index (χ0) is 19.3. The molecular formula is C21H28N4O2. The Kier molecular flexibility index (Phi) is 8.69. The molecule has 0 heterocycles. The molecule has 6 heteroatoms. The van der Waals surface area contributed by atoms with Gasteiger partial charge in [0.1, 0.15) is 5.75 Å². The third-order valence-corrected chi connectivity index (χ3v) is 4.01. The number of amides is 1. The normalized spacial score (nSPS) is 11.1. The van der Waals surface area contributed by atoms with E-state index >= 15 is 0 Å². The van der Waals surface area contributed by atoms with Crippen molar-refractivity contribution in [2.24, 2.45) is 10.7 Å². The number of ether oxygens (including phenoxy) is 1. The molecule has 27 heavy (non-hydrogen) atoms. The molecule has 4 N–H and O–H groups in total. The van der Waals surface area contributed by atoms with Crippen LogP contribution >= 0.6 is 0 Å². The predicted molar refractivity (Wildman–Crippen MR) is 109 cm³/mol. The summed E-state index contributed by atoms with van der Waals surface area (Å²) >= 11 is 0. The van der Waals surface area contributed by atoms with Gasteiger partial charge >= 0.3 is 0 Å². The topological polar surface area (TPSA) is 88.7 Å². The lowest BCUT2D eigenvalue weighted by atomic mass is 10.1. The van der Waals surface area contributed by atoms with Gasteiger partial charge in [0.2, 0.25) is 0 Å². The number of primary amides is 1. The molecule has 144 valence electrons. The summed E-state index contributed by atoms with van der Waals surface area (Å²) in [6.07, 6.45) is 2.97. The molecule has 2 aromatic rings. The summed E-state index contributed by atoms with van der Waals surface area (Å²) in [5.41, 5.74) is 7.59. The Labute approximate surface area is 160 Å². The molecule has 6 nitrogen and oxygen atoms in total. The van der Waals surface area contributed by atoms with Crippen LogP contribution in [-0.4, -0.2) is 38.6 Å². The fourth-order valence-electron chi connectivity index (χ4n) is 2.60. The Bertz CT molecular complexity index is 715. The Balaban J connectivity index is 1.63. The summed E-state index contributed by atoms with van der Waals surface area (Å²) in [5, 5.41) is 6.66. The van der Waals surface area contributed by atoms with Crippen LogP contribution in [0.25, 0.3) is 0 Å². The van der Waals surface area contributed by atoms with Gasteiger partial charge in [0, 0.05) is 20.1 Å². The largest absolute Gasteiger partial charge is 0.484 e. The van der Waals surface area contributed by atoms with Crippen molar-refractivity contribution in [3.63, 3.8) is 0 Å². The first-order valence-electron chi connectivity index (χ1n) is 9.16. The van der Waals surface area contributed by atoms with Crippen molar-refractivity contribution in [2.75, 3.05) is 26.7 Å². The number of hydrogen-bond donors (Lipinski definition) is 3. The maximum absolute atomic E-state index is 10.7. The number of hydrogen-bond acceptors (Lipinski definition) is 3. The van der Waals surface area contributed by atoms with Gasteiger partial charge in [0.25, 0.3) is 5.91 Å². The lowest BCUT2D eigenvalue weighted by molar-refractivity contribution is -0.119. The zero-order valence-electron chi connectivity index (χ0n) is 15.8. The number of rotatable bonds is 10. The standard InChI is InChI=1S/C21H28N4O2/c1-23-21(24-14-5-8-17-6-3-2-4-7-17)25-15-13-18-9-11-19(12-10-18)27-16-20(22)26/h2-4,6-7,9-12H,5,8,13-16H2,1H3,(H2,22,26)(H2,23,24,25). The van der Waals surface area contributed by atoms with Crippen LogP contribution in [0.3, 0.4) is 0 Å². The number of nitrogens with zero attached hydrogens (tertiary/aromatic N) is 1. The van der Waals surface area contributed by atoms with Crippen LogP contribution in [0.15, 0.2) is 59.6 Å². The second kappa shape index (κ2) is 11.6. The van der Waals surface area contributed by atoms with E-state index in [0.717, 1.165) is 38.3 Å². The quantitative estimate of drug-likeness (QED) is 0.339. The van der Waals surface area contributed by atoms with E-state index in [1.807, 2.05) is 30.3 Å². The number of aliphatic imine (C=N–C) groups is 1. The minimum absolute atomic E-state index is 0.104. The van der Waals surface area contributed by atoms with Gasteiger partial charge in [-0.1, -0.05) is 42.5 Å².